The van der Waals surface area contributed by atoms with Crippen molar-refractivity contribution < 1.29 is 22.0 Å². The van der Waals surface area contributed by atoms with E-state index in [0.717, 1.165) is 74.7 Å². The molecule has 1 aliphatic heterocycles. The van der Waals surface area contributed by atoms with Gasteiger partial charge in [-0.25, -0.2) is 0 Å². The summed E-state index contributed by atoms with van der Waals surface area (Å²) >= 11 is 0. The van der Waals surface area contributed by atoms with Crippen LogP contribution in [0.15, 0.2) is 81.2 Å². The van der Waals surface area contributed by atoms with Crippen molar-refractivity contribution in [3.8, 4) is 39.5 Å². The van der Waals surface area contributed by atoms with E-state index in [1.807, 2.05) is 12.1 Å². The fourth-order valence-electron chi connectivity index (χ4n) is 10.3. The molecule has 70 heavy (non-hydrogen) atoms. The number of rotatable bonds is 6. The number of hydrogen-bond acceptors (Lipinski definition) is 5. The van der Waals surface area contributed by atoms with E-state index in [9.17, 15) is 0 Å². The summed E-state index contributed by atoms with van der Waals surface area (Å²) < 4.78 is 36.4. The lowest BCUT2D eigenvalue weighted by Crippen LogP contribution is -2.21. The van der Waals surface area contributed by atoms with Crippen LogP contribution < -0.4 is 13.6 Å². The van der Waals surface area contributed by atoms with Crippen LogP contribution in [0.1, 0.15) is 155 Å². The standard InChI is InChI=1S/C63H78O5P2/c1-36-31-44(35-60(9,10)11)57-55(41(36)6)56-43(8)39(4)34-50(63(18,19)20)59(56)68-70(67-57)65-52-28-24-22-26-46(52)45-25-21-23-27-51(45)64-69-30-29-47-48(61(12,13)14)32-37(2)40(5)53(47)54-42(7)38(3)33-49(58(54)66-69)62(15,16)17/h21-28,31-34H,29-30,35H2,1-20H3/t69-,70?/m1/s1. The number of para-hydroxylation sites is 2. The Morgan fingerprint density at radius 1 is 0.500 bits per heavy atom. The molecule has 1 unspecified atom stereocenters. The Morgan fingerprint density at radius 3 is 1.51 bits per heavy atom. The fourth-order valence-corrected chi connectivity index (χ4v) is 12.9. The average Bonchev–Trinajstić information content (AvgIpc) is 3.41. The normalized spacial score (nSPS) is 14.7. The van der Waals surface area contributed by atoms with E-state index in [2.05, 4.69) is 199 Å². The molecule has 1 aromatic heterocycles. The molecule has 8 rings (SSSR count). The Morgan fingerprint density at radius 2 is 0.957 bits per heavy atom. The topological polar surface area (TPSA) is 54.0 Å². The third kappa shape index (κ3) is 9.84. The minimum atomic E-state index is -2.01. The first-order valence-corrected chi connectivity index (χ1v) is 27.7. The first-order valence-electron chi connectivity index (χ1n) is 25.3. The minimum Gasteiger partial charge on any atom is -0.438 e. The minimum absolute atomic E-state index is 0.0130. The second-order valence-electron chi connectivity index (χ2n) is 24.5. The van der Waals surface area contributed by atoms with Crippen molar-refractivity contribution in [2.75, 3.05) is 6.16 Å². The van der Waals surface area contributed by atoms with E-state index in [1.54, 1.807) is 0 Å². The van der Waals surface area contributed by atoms with Crippen LogP contribution in [0.2, 0.25) is 0 Å². The zero-order chi connectivity index (χ0) is 51.2. The van der Waals surface area contributed by atoms with Crippen LogP contribution >= 0.6 is 16.6 Å². The monoisotopic (exact) mass is 977 g/mol. The molecule has 7 heteroatoms. The lowest BCUT2D eigenvalue weighted by Gasteiger charge is -2.35. The van der Waals surface area contributed by atoms with Crippen molar-refractivity contribution in [1.29, 1.82) is 0 Å². The van der Waals surface area contributed by atoms with Gasteiger partial charge in [-0.05, 0) is 169 Å². The van der Waals surface area contributed by atoms with Gasteiger partial charge in [0.15, 0.2) is 0 Å². The third-order valence-corrected chi connectivity index (χ3v) is 17.0. The van der Waals surface area contributed by atoms with Gasteiger partial charge < -0.3 is 22.0 Å². The Bertz CT molecular complexity index is 3230. The summed E-state index contributed by atoms with van der Waals surface area (Å²) in [6.07, 6.45) is 2.40. The highest BCUT2D eigenvalue weighted by atomic mass is 31.2. The molecule has 6 aromatic carbocycles. The predicted octanol–water partition coefficient (Wildman–Crippen LogP) is 19.7. The molecule has 0 bridgehead atoms. The summed E-state index contributed by atoms with van der Waals surface area (Å²) in [4.78, 5) is 0. The first-order chi connectivity index (χ1) is 32.5. The molecule has 2 heterocycles. The highest BCUT2D eigenvalue weighted by Crippen LogP contribution is 2.56. The maximum Gasteiger partial charge on any atom is 0.453 e. The van der Waals surface area contributed by atoms with Crippen LogP contribution in [0.3, 0.4) is 0 Å². The second kappa shape index (κ2) is 18.6. The predicted molar refractivity (Wildman–Crippen MR) is 300 cm³/mol. The fraction of sp³-hybridized carbons (Fsp3) is 0.429. The number of fused-ring (bicyclic) bond motifs is 6. The van der Waals surface area contributed by atoms with Crippen LogP contribution in [0, 0.1) is 60.8 Å². The van der Waals surface area contributed by atoms with Gasteiger partial charge in [0.2, 0.25) is 0 Å². The van der Waals surface area contributed by atoms with Gasteiger partial charge in [-0.2, -0.15) is 0 Å². The van der Waals surface area contributed by atoms with Gasteiger partial charge in [0, 0.05) is 44.8 Å². The van der Waals surface area contributed by atoms with Gasteiger partial charge in [0.25, 0.3) is 8.38 Å². The van der Waals surface area contributed by atoms with Crippen molar-refractivity contribution in [2.45, 2.75) is 168 Å². The van der Waals surface area contributed by atoms with Gasteiger partial charge in [-0.15, -0.1) is 0 Å². The molecule has 7 aromatic rings. The number of benzene rings is 6. The lowest BCUT2D eigenvalue weighted by atomic mass is 9.75. The summed E-state index contributed by atoms with van der Waals surface area (Å²) in [6, 6.07) is 25.9. The molecule has 0 saturated heterocycles. The molecule has 0 spiro atoms. The summed E-state index contributed by atoms with van der Waals surface area (Å²) in [5.74, 6) is 2.35. The van der Waals surface area contributed by atoms with E-state index in [1.165, 1.54) is 72.3 Å². The smallest absolute Gasteiger partial charge is 0.438 e. The first kappa shape index (κ1) is 51.4. The van der Waals surface area contributed by atoms with Crippen molar-refractivity contribution in [2.24, 2.45) is 5.41 Å². The van der Waals surface area contributed by atoms with Crippen LogP contribution in [-0.4, -0.2) is 6.16 Å². The number of hydrogen-bond donors (Lipinski definition) is 0. The van der Waals surface area contributed by atoms with E-state index in [-0.39, 0.29) is 21.7 Å². The molecule has 0 N–H and O–H groups in total. The molecular weight excluding hydrogens is 899 g/mol. The zero-order valence-electron chi connectivity index (χ0n) is 46.0. The molecule has 2 atom stereocenters. The molecule has 0 saturated carbocycles. The van der Waals surface area contributed by atoms with Crippen molar-refractivity contribution in [3.63, 3.8) is 0 Å². The molecule has 5 nitrogen and oxygen atoms in total. The van der Waals surface area contributed by atoms with Crippen molar-refractivity contribution >= 4 is 38.6 Å². The summed E-state index contributed by atoms with van der Waals surface area (Å²) in [7, 11) is -3.48. The van der Waals surface area contributed by atoms with E-state index < -0.39 is 16.6 Å². The van der Waals surface area contributed by atoms with Crippen LogP contribution in [0.5, 0.6) is 17.2 Å². The van der Waals surface area contributed by atoms with Crippen LogP contribution in [-0.2, 0) is 29.1 Å². The van der Waals surface area contributed by atoms with Gasteiger partial charge >= 0.3 is 8.24 Å². The van der Waals surface area contributed by atoms with Crippen LogP contribution in [0.25, 0.3) is 44.2 Å². The largest absolute Gasteiger partial charge is 0.453 e. The SMILES string of the molecule is Cc1cc(C(C)(C)C)c2c(c1C)-c1c(C)c(C)cc(C(C)(C)C)c1O[P@@](Oc1ccccc1-c1ccccc1Op1oc3c(CC(C)(C)C)cc(C)c(C)c3c3c(C)c(C)cc(C(C)(C)C)c3o1)CC2. The second-order valence-corrected chi connectivity index (χ2v) is 27.0. The van der Waals surface area contributed by atoms with E-state index in [0.29, 0.717) is 5.75 Å². The van der Waals surface area contributed by atoms with Gasteiger partial charge in [-0.3, -0.25) is 0 Å². The maximum absolute atomic E-state index is 7.43. The Labute approximate surface area is 422 Å². The van der Waals surface area contributed by atoms with Crippen molar-refractivity contribution in [1.82, 2.24) is 0 Å². The molecule has 1 aliphatic rings. The lowest BCUT2D eigenvalue weighted by molar-refractivity contribution is 0.409. The maximum atomic E-state index is 7.43. The van der Waals surface area contributed by atoms with E-state index >= 15 is 0 Å². The quantitative estimate of drug-likeness (QED) is 0.155. The summed E-state index contributed by atoms with van der Waals surface area (Å²) in [5, 5.41) is 2.20. The Balaban J connectivity index is 1.30. The molecule has 0 radical (unpaired) electrons. The van der Waals surface area contributed by atoms with Gasteiger partial charge in [0.05, 0.1) is 0 Å². The van der Waals surface area contributed by atoms with Crippen LogP contribution in [0.4, 0.5) is 0 Å². The highest BCUT2D eigenvalue weighted by molar-refractivity contribution is 7.48. The Kier molecular flexibility index (Phi) is 13.6. The molecule has 0 fully saturated rings. The third-order valence-electron chi connectivity index (χ3n) is 14.6. The van der Waals surface area contributed by atoms with E-state index in [4.69, 9.17) is 22.0 Å². The molecule has 0 amide bonds. The number of aryl methyl sites for hydroxylation is 6. The summed E-state index contributed by atoms with van der Waals surface area (Å²) in [5.41, 5.74) is 21.9. The summed E-state index contributed by atoms with van der Waals surface area (Å²) in [6.45, 7) is 45.5. The Hall–Kier alpha value is -4.95. The van der Waals surface area contributed by atoms with Gasteiger partial charge in [-0.1, -0.05) is 144 Å². The highest BCUT2D eigenvalue weighted by Gasteiger charge is 2.35. The molecule has 0 aliphatic carbocycles. The van der Waals surface area contributed by atoms with Crippen molar-refractivity contribution in [3.05, 3.63) is 145 Å². The van der Waals surface area contributed by atoms with Gasteiger partial charge in [0.1, 0.15) is 28.4 Å². The average molecular weight is 977 g/mol. The molecular formula is C63H78O5P2. The zero-order valence-corrected chi connectivity index (χ0v) is 47.8. The molecule has 370 valence electrons.